The molecule has 0 spiro atoms. The molecule has 0 fully saturated rings. The molecule has 6 heteroatoms. The summed E-state index contributed by atoms with van der Waals surface area (Å²) in [4.78, 5) is 0.182. The van der Waals surface area contributed by atoms with Crippen molar-refractivity contribution in [1.29, 1.82) is 0 Å². The van der Waals surface area contributed by atoms with E-state index in [-0.39, 0.29) is 4.90 Å². The monoisotopic (exact) mass is 332 g/mol. The van der Waals surface area contributed by atoms with Gasteiger partial charge in [-0.1, -0.05) is 12.1 Å². The van der Waals surface area contributed by atoms with Crippen LogP contribution in [0.3, 0.4) is 0 Å². The maximum atomic E-state index is 12.9. The van der Waals surface area contributed by atoms with E-state index in [1.165, 1.54) is 16.7 Å². The molecular weight excluding hydrogens is 312 g/mol. The maximum Gasteiger partial charge on any atom is 0.271 e. The largest absolute Gasteiger partial charge is 0.495 e. The van der Waals surface area contributed by atoms with Gasteiger partial charge in [0, 0.05) is 18.9 Å². The lowest BCUT2D eigenvalue weighted by atomic mass is 10.0. The van der Waals surface area contributed by atoms with Crippen molar-refractivity contribution in [2.75, 3.05) is 20.2 Å². The number of hydrogen-bond donors (Lipinski definition) is 1. The van der Waals surface area contributed by atoms with Crippen molar-refractivity contribution in [1.82, 2.24) is 9.29 Å². The topological polar surface area (TPSA) is 60.3 Å². The molecule has 0 bridgehead atoms. The number of methoxy groups -OCH3 is 1. The average molecular weight is 332 g/mol. The first kappa shape index (κ1) is 15.8. The summed E-state index contributed by atoms with van der Waals surface area (Å²) in [5.41, 5.74) is 2.99. The third kappa shape index (κ3) is 3.04. The summed E-state index contributed by atoms with van der Waals surface area (Å²) in [6.07, 6.45) is 6.27. The molecule has 2 heterocycles. The highest BCUT2D eigenvalue weighted by atomic mass is 32.2. The zero-order chi connectivity index (χ0) is 16.4. The van der Waals surface area contributed by atoms with Gasteiger partial charge in [0.1, 0.15) is 10.6 Å². The molecule has 3 rings (SSSR count). The smallest absolute Gasteiger partial charge is 0.271 e. The van der Waals surface area contributed by atoms with Gasteiger partial charge in [0.25, 0.3) is 10.0 Å². The van der Waals surface area contributed by atoms with Gasteiger partial charge in [0.15, 0.2) is 0 Å². The van der Waals surface area contributed by atoms with Crippen molar-refractivity contribution < 1.29 is 13.2 Å². The number of aromatic nitrogens is 1. The lowest BCUT2D eigenvalue weighted by molar-refractivity contribution is 0.402. The van der Waals surface area contributed by atoms with Gasteiger partial charge in [-0.25, -0.2) is 12.4 Å². The number of hydrogen-bond acceptors (Lipinski definition) is 4. The van der Waals surface area contributed by atoms with Crippen molar-refractivity contribution in [3.05, 3.63) is 53.9 Å². The fraction of sp³-hybridized carbons (Fsp3) is 0.294. The van der Waals surface area contributed by atoms with Crippen molar-refractivity contribution in [3.8, 4) is 5.75 Å². The number of benzene rings is 1. The molecular formula is C17H20N2O3S. The SMILES string of the molecule is COc1ccc(C)cc1S(=O)(=O)n1ccc(C2=CCNCC2)c1. The highest BCUT2D eigenvalue weighted by Gasteiger charge is 2.22. The minimum absolute atomic E-state index is 0.182. The quantitative estimate of drug-likeness (QED) is 0.934. The highest BCUT2D eigenvalue weighted by Crippen LogP contribution is 2.28. The Hall–Kier alpha value is -2.05. The van der Waals surface area contributed by atoms with E-state index in [9.17, 15) is 8.42 Å². The average Bonchev–Trinajstić information content (AvgIpc) is 3.06. The normalized spacial score (nSPS) is 15.3. The van der Waals surface area contributed by atoms with E-state index in [1.807, 2.05) is 19.1 Å². The lowest BCUT2D eigenvalue weighted by Crippen LogP contribution is -2.20. The summed E-state index contributed by atoms with van der Waals surface area (Å²) in [5.74, 6) is 0.354. The summed E-state index contributed by atoms with van der Waals surface area (Å²) in [7, 11) is -2.20. The Kier molecular flexibility index (Phi) is 4.28. The molecule has 1 aromatic carbocycles. The van der Waals surface area contributed by atoms with Gasteiger partial charge in [-0.2, -0.15) is 0 Å². The molecule has 0 aliphatic carbocycles. The molecule has 2 aromatic rings. The predicted octanol–water partition coefficient (Wildman–Crippen LogP) is 2.42. The van der Waals surface area contributed by atoms with E-state index >= 15 is 0 Å². The van der Waals surface area contributed by atoms with Gasteiger partial charge in [-0.3, -0.25) is 0 Å². The Morgan fingerprint density at radius 1 is 1.26 bits per heavy atom. The van der Waals surface area contributed by atoms with E-state index < -0.39 is 10.0 Å². The summed E-state index contributed by atoms with van der Waals surface area (Å²) in [5, 5.41) is 3.25. The number of nitrogens with zero attached hydrogens (tertiary/aromatic N) is 1. The van der Waals surface area contributed by atoms with Crippen LogP contribution in [0.1, 0.15) is 17.5 Å². The second-order valence-corrected chi connectivity index (χ2v) is 7.38. The molecule has 1 aromatic heterocycles. The Balaban J connectivity index is 2.02. The third-order valence-corrected chi connectivity index (χ3v) is 5.63. The van der Waals surface area contributed by atoms with Crippen LogP contribution in [0.5, 0.6) is 5.75 Å². The first-order valence-electron chi connectivity index (χ1n) is 7.51. The minimum atomic E-state index is -3.67. The van der Waals surface area contributed by atoms with Crippen LogP contribution in [0, 0.1) is 6.92 Å². The number of aryl methyl sites for hydroxylation is 1. The summed E-state index contributed by atoms with van der Waals surface area (Å²) < 4.78 is 32.3. The van der Waals surface area contributed by atoms with E-state index in [2.05, 4.69) is 11.4 Å². The maximum absolute atomic E-state index is 12.9. The number of ether oxygens (including phenoxy) is 1. The van der Waals surface area contributed by atoms with Crippen molar-refractivity contribution >= 4 is 15.6 Å². The van der Waals surface area contributed by atoms with Gasteiger partial charge < -0.3 is 10.1 Å². The lowest BCUT2D eigenvalue weighted by Gasteiger charge is -2.13. The molecule has 0 saturated heterocycles. The van der Waals surface area contributed by atoms with Gasteiger partial charge in [0.05, 0.1) is 7.11 Å². The molecule has 5 nitrogen and oxygen atoms in total. The van der Waals surface area contributed by atoms with Crippen LogP contribution in [0.2, 0.25) is 0 Å². The first-order chi connectivity index (χ1) is 11.0. The van der Waals surface area contributed by atoms with Crippen LogP contribution in [0.15, 0.2) is 47.6 Å². The number of rotatable bonds is 4. The van der Waals surface area contributed by atoms with Gasteiger partial charge >= 0.3 is 0 Å². The molecule has 0 saturated carbocycles. The molecule has 1 aliphatic rings. The van der Waals surface area contributed by atoms with Gasteiger partial charge in [0.2, 0.25) is 0 Å². The van der Waals surface area contributed by atoms with Crippen LogP contribution in [0.25, 0.3) is 5.57 Å². The van der Waals surface area contributed by atoms with E-state index in [0.29, 0.717) is 5.75 Å². The Morgan fingerprint density at radius 2 is 2.09 bits per heavy atom. The predicted molar refractivity (Wildman–Crippen MR) is 90.2 cm³/mol. The zero-order valence-electron chi connectivity index (χ0n) is 13.2. The van der Waals surface area contributed by atoms with Crippen LogP contribution in [0.4, 0.5) is 0 Å². The van der Waals surface area contributed by atoms with Crippen molar-refractivity contribution in [3.63, 3.8) is 0 Å². The number of nitrogens with one attached hydrogen (secondary N) is 1. The molecule has 0 amide bonds. The molecule has 0 atom stereocenters. The van der Waals surface area contributed by atoms with E-state index in [4.69, 9.17) is 4.74 Å². The van der Waals surface area contributed by atoms with Crippen molar-refractivity contribution in [2.45, 2.75) is 18.2 Å². The highest BCUT2D eigenvalue weighted by molar-refractivity contribution is 7.90. The Morgan fingerprint density at radius 3 is 2.78 bits per heavy atom. The minimum Gasteiger partial charge on any atom is -0.495 e. The first-order valence-corrected chi connectivity index (χ1v) is 8.95. The molecule has 1 aliphatic heterocycles. The Labute approximate surface area is 136 Å². The fourth-order valence-corrected chi connectivity index (χ4v) is 4.14. The fourth-order valence-electron chi connectivity index (χ4n) is 2.70. The second-order valence-electron chi connectivity index (χ2n) is 5.57. The molecule has 1 N–H and O–H groups in total. The van der Waals surface area contributed by atoms with E-state index in [1.54, 1.807) is 24.5 Å². The van der Waals surface area contributed by atoms with Crippen LogP contribution >= 0.6 is 0 Å². The summed E-state index contributed by atoms with van der Waals surface area (Å²) in [6.45, 7) is 3.59. The summed E-state index contributed by atoms with van der Waals surface area (Å²) >= 11 is 0. The summed E-state index contributed by atoms with van der Waals surface area (Å²) in [6, 6.07) is 7.00. The van der Waals surface area contributed by atoms with Crippen LogP contribution in [-0.4, -0.2) is 32.6 Å². The molecule has 0 radical (unpaired) electrons. The van der Waals surface area contributed by atoms with Crippen LogP contribution in [-0.2, 0) is 10.0 Å². The zero-order valence-corrected chi connectivity index (χ0v) is 14.1. The van der Waals surface area contributed by atoms with E-state index in [0.717, 1.165) is 30.6 Å². The third-order valence-electron chi connectivity index (χ3n) is 3.98. The van der Waals surface area contributed by atoms with Crippen molar-refractivity contribution in [2.24, 2.45) is 0 Å². The molecule has 122 valence electrons. The standard InChI is InChI=1S/C17H20N2O3S/c1-13-3-4-16(22-2)17(11-13)23(20,21)19-10-7-15(12-19)14-5-8-18-9-6-14/h3-5,7,10-12,18H,6,8-9H2,1-2H3. The molecule has 0 unspecified atom stereocenters. The van der Waals surface area contributed by atoms with Gasteiger partial charge in [-0.15, -0.1) is 0 Å². The second kappa shape index (κ2) is 6.22. The van der Waals surface area contributed by atoms with Crippen LogP contribution < -0.4 is 10.1 Å². The Bertz CT molecular complexity index is 850. The van der Waals surface area contributed by atoms with Gasteiger partial charge in [-0.05, 0) is 54.8 Å². The molecule has 23 heavy (non-hydrogen) atoms.